The third-order valence-corrected chi connectivity index (χ3v) is 5.21. The molecular weight excluding hydrogens is 396 g/mol. The summed E-state index contributed by atoms with van der Waals surface area (Å²) >= 11 is 3.47. The van der Waals surface area contributed by atoms with Crippen molar-refractivity contribution >= 4 is 32.8 Å². The molecule has 1 saturated heterocycles. The van der Waals surface area contributed by atoms with Crippen LogP contribution in [-0.2, 0) is 4.74 Å². The maximum absolute atomic E-state index is 12.9. The highest BCUT2D eigenvalue weighted by atomic mass is 79.9. The van der Waals surface area contributed by atoms with Gasteiger partial charge in [-0.05, 0) is 69.7 Å². The van der Waals surface area contributed by atoms with E-state index >= 15 is 0 Å². The van der Waals surface area contributed by atoms with Gasteiger partial charge in [0.2, 0.25) is 0 Å². The lowest BCUT2D eigenvalue weighted by molar-refractivity contribution is 0.0187. The van der Waals surface area contributed by atoms with Crippen LogP contribution in [0.1, 0.15) is 45.2 Å². The zero-order valence-electron chi connectivity index (χ0n) is 15.7. The summed E-state index contributed by atoms with van der Waals surface area (Å²) in [6, 6.07) is 5.87. The lowest BCUT2D eigenvalue weighted by atomic mass is 10.0. The first-order valence-electron chi connectivity index (χ1n) is 8.94. The summed E-state index contributed by atoms with van der Waals surface area (Å²) < 4.78 is 8.26. The van der Waals surface area contributed by atoms with E-state index in [2.05, 4.69) is 15.9 Å². The first-order chi connectivity index (χ1) is 12.2. The SMILES string of the molecule is Cc1cn(C2CCN(C(=O)OC(C)(C)C)CC2)c(=O)c2ccc(Br)cc12. The number of likely N-dealkylation sites (tertiary alicyclic amines) is 1. The molecule has 1 aliphatic rings. The maximum Gasteiger partial charge on any atom is 0.410 e. The average Bonchev–Trinajstić information content (AvgIpc) is 2.56. The molecule has 1 aromatic carbocycles. The Morgan fingerprint density at radius 3 is 2.46 bits per heavy atom. The second-order valence-electron chi connectivity index (χ2n) is 7.91. The summed E-state index contributed by atoms with van der Waals surface area (Å²) in [4.78, 5) is 26.9. The molecule has 6 heteroatoms. The Hall–Kier alpha value is -1.82. The van der Waals surface area contributed by atoms with E-state index in [9.17, 15) is 9.59 Å². The number of hydrogen-bond acceptors (Lipinski definition) is 3. The van der Waals surface area contributed by atoms with Crippen LogP contribution in [0.25, 0.3) is 10.8 Å². The molecule has 140 valence electrons. The molecule has 2 heterocycles. The Labute approximate surface area is 162 Å². The molecule has 0 atom stereocenters. The topological polar surface area (TPSA) is 51.5 Å². The highest BCUT2D eigenvalue weighted by molar-refractivity contribution is 9.10. The molecule has 5 nitrogen and oxygen atoms in total. The quantitative estimate of drug-likeness (QED) is 0.674. The predicted molar refractivity (Wildman–Crippen MR) is 107 cm³/mol. The molecular formula is C20H25BrN2O3. The Morgan fingerprint density at radius 2 is 1.85 bits per heavy atom. The van der Waals surface area contributed by atoms with Crippen molar-refractivity contribution in [3.05, 3.63) is 44.8 Å². The number of aryl methyl sites for hydroxylation is 1. The van der Waals surface area contributed by atoms with Crippen LogP contribution in [0.3, 0.4) is 0 Å². The molecule has 0 unspecified atom stereocenters. The minimum absolute atomic E-state index is 0.0359. The summed E-state index contributed by atoms with van der Waals surface area (Å²) in [7, 11) is 0. The van der Waals surface area contributed by atoms with Crippen molar-refractivity contribution in [2.24, 2.45) is 0 Å². The second kappa shape index (κ2) is 7.06. The van der Waals surface area contributed by atoms with Gasteiger partial charge in [-0.1, -0.05) is 15.9 Å². The van der Waals surface area contributed by atoms with Crippen LogP contribution in [0.5, 0.6) is 0 Å². The molecule has 1 aliphatic heterocycles. The number of ether oxygens (including phenoxy) is 1. The van der Waals surface area contributed by atoms with Gasteiger partial charge in [-0.15, -0.1) is 0 Å². The average molecular weight is 421 g/mol. The number of pyridine rings is 1. The van der Waals surface area contributed by atoms with Crippen LogP contribution in [0.15, 0.2) is 33.7 Å². The van der Waals surface area contributed by atoms with Gasteiger partial charge in [-0.25, -0.2) is 4.79 Å². The number of benzene rings is 1. The van der Waals surface area contributed by atoms with Gasteiger partial charge in [-0.2, -0.15) is 0 Å². The third-order valence-electron chi connectivity index (χ3n) is 4.71. The van der Waals surface area contributed by atoms with Gasteiger partial charge < -0.3 is 14.2 Å². The van der Waals surface area contributed by atoms with Crippen LogP contribution in [0.2, 0.25) is 0 Å². The van der Waals surface area contributed by atoms with E-state index in [0.29, 0.717) is 13.1 Å². The molecule has 3 rings (SSSR count). The lowest BCUT2D eigenvalue weighted by Gasteiger charge is -2.34. The number of fused-ring (bicyclic) bond motifs is 1. The van der Waals surface area contributed by atoms with Gasteiger partial charge in [0.05, 0.1) is 0 Å². The second-order valence-corrected chi connectivity index (χ2v) is 8.83. The van der Waals surface area contributed by atoms with Crippen molar-refractivity contribution in [1.29, 1.82) is 0 Å². The van der Waals surface area contributed by atoms with Crippen molar-refractivity contribution < 1.29 is 9.53 Å². The predicted octanol–water partition coefficient (Wildman–Crippen LogP) is 4.64. The molecule has 1 amide bonds. The van der Waals surface area contributed by atoms with Gasteiger partial charge >= 0.3 is 6.09 Å². The van der Waals surface area contributed by atoms with Crippen molar-refractivity contribution in [3.8, 4) is 0 Å². The molecule has 0 radical (unpaired) electrons. The largest absolute Gasteiger partial charge is 0.444 e. The Bertz CT molecular complexity index is 890. The number of halogens is 1. The Morgan fingerprint density at radius 1 is 1.19 bits per heavy atom. The molecule has 0 saturated carbocycles. The highest BCUT2D eigenvalue weighted by Crippen LogP contribution is 2.26. The molecule has 0 spiro atoms. The standard InChI is InChI=1S/C20H25BrN2O3/c1-13-12-23(18(24)16-6-5-14(21)11-17(13)16)15-7-9-22(10-8-15)19(25)26-20(2,3)4/h5-6,11-12,15H,7-10H2,1-4H3. The van der Waals surface area contributed by atoms with E-state index in [4.69, 9.17) is 4.74 Å². The number of amides is 1. The number of rotatable bonds is 1. The zero-order valence-corrected chi connectivity index (χ0v) is 17.3. The number of carbonyl (C=O) groups is 1. The summed E-state index contributed by atoms with van der Waals surface area (Å²) in [5.74, 6) is 0. The van der Waals surface area contributed by atoms with Gasteiger partial charge in [-0.3, -0.25) is 4.79 Å². The summed E-state index contributed by atoms with van der Waals surface area (Å²) in [6.45, 7) is 8.84. The minimum Gasteiger partial charge on any atom is -0.444 e. The van der Waals surface area contributed by atoms with Crippen molar-refractivity contribution in [1.82, 2.24) is 9.47 Å². The molecule has 2 aromatic rings. The van der Waals surface area contributed by atoms with E-state index in [1.54, 1.807) is 4.90 Å². The third kappa shape index (κ3) is 3.95. The number of hydrogen-bond donors (Lipinski definition) is 0. The van der Waals surface area contributed by atoms with Gasteiger partial charge in [0.25, 0.3) is 5.56 Å². The van der Waals surface area contributed by atoms with Crippen molar-refractivity contribution in [2.75, 3.05) is 13.1 Å². The number of piperidine rings is 1. The minimum atomic E-state index is -0.491. The van der Waals surface area contributed by atoms with E-state index in [-0.39, 0.29) is 17.7 Å². The van der Waals surface area contributed by atoms with E-state index in [0.717, 1.165) is 33.7 Å². The Balaban J connectivity index is 1.80. The fourth-order valence-corrected chi connectivity index (χ4v) is 3.79. The monoisotopic (exact) mass is 420 g/mol. The van der Waals surface area contributed by atoms with E-state index in [1.807, 2.05) is 56.7 Å². The molecule has 0 aliphatic carbocycles. The summed E-state index contributed by atoms with van der Waals surface area (Å²) in [5, 5.41) is 1.72. The van der Waals surface area contributed by atoms with Gasteiger partial charge in [0.1, 0.15) is 5.60 Å². The molecule has 0 bridgehead atoms. The molecule has 1 aromatic heterocycles. The smallest absolute Gasteiger partial charge is 0.410 e. The lowest BCUT2D eigenvalue weighted by Crippen LogP contribution is -2.43. The molecule has 0 N–H and O–H groups in total. The van der Waals surface area contributed by atoms with Crippen LogP contribution >= 0.6 is 15.9 Å². The van der Waals surface area contributed by atoms with Crippen LogP contribution in [-0.4, -0.2) is 34.3 Å². The normalized spacial score (nSPS) is 16.1. The van der Waals surface area contributed by atoms with Crippen LogP contribution < -0.4 is 5.56 Å². The highest BCUT2D eigenvalue weighted by Gasteiger charge is 2.28. The molecule has 26 heavy (non-hydrogen) atoms. The van der Waals surface area contributed by atoms with Crippen LogP contribution in [0.4, 0.5) is 4.79 Å². The van der Waals surface area contributed by atoms with Gasteiger partial charge in [0, 0.05) is 35.2 Å². The van der Waals surface area contributed by atoms with Gasteiger partial charge in [0.15, 0.2) is 0 Å². The Kier molecular flexibility index (Phi) is 5.15. The molecule has 1 fully saturated rings. The fraction of sp³-hybridized carbons (Fsp3) is 0.500. The van der Waals surface area contributed by atoms with Crippen LogP contribution in [0, 0.1) is 6.92 Å². The zero-order chi connectivity index (χ0) is 19.1. The first-order valence-corrected chi connectivity index (χ1v) is 9.74. The summed E-state index contributed by atoms with van der Waals surface area (Å²) in [5.41, 5.74) is 0.624. The maximum atomic E-state index is 12.9. The van der Waals surface area contributed by atoms with Crippen molar-refractivity contribution in [3.63, 3.8) is 0 Å². The first kappa shape index (κ1) is 19.0. The fourth-order valence-electron chi connectivity index (χ4n) is 3.43. The van der Waals surface area contributed by atoms with Crippen molar-refractivity contribution in [2.45, 2.75) is 52.2 Å². The van der Waals surface area contributed by atoms with E-state index < -0.39 is 5.60 Å². The summed E-state index contributed by atoms with van der Waals surface area (Å²) in [6.07, 6.45) is 3.18. The number of aromatic nitrogens is 1. The number of nitrogens with zero attached hydrogens (tertiary/aromatic N) is 2. The van der Waals surface area contributed by atoms with E-state index in [1.165, 1.54) is 0 Å². The number of carbonyl (C=O) groups excluding carboxylic acids is 1.